The summed E-state index contributed by atoms with van der Waals surface area (Å²) in [7, 11) is 1.63. The van der Waals surface area contributed by atoms with Gasteiger partial charge < -0.3 is 19.1 Å². The summed E-state index contributed by atoms with van der Waals surface area (Å²) in [5.41, 5.74) is 2.24. The van der Waals surface area contributed by atoms with Crippen LogP contribution >= 0.6 is 0 Å². The van der Waals surface area contributed by atoms with Crippen molar-refractivity contribution < 1.29 is 28.2 Å². The average Bonchev–Trinajstić information content (AvgIpc) is 3.42. The van der Waals surface area contributed by atoms with Gasteiger partial charge in [-0.15, -0.1) is 0 Å². The minimum absolute atomic E-state index is 0.113. The van der Waals surface area contributed by atoms with Gasteiger partial charge in [0.15, 0.2) is 17.2 Å². The predicted molar refractivity (Wildman–Crippen MR) is 132 cm³/mol. The fourth-order valence-electron chi connectivity index (χ4n) is 5.44. The third-order valence-electron chi connectivity index (χ3n) is 7.31. The number of aromatic amines is 1. The molecule has 4 aromatic rings. The lowest BCUT2D eigenvalue weighted by molar-refractivity contribution is -0.170. The van der Waals surface area contributed by atoms with Crippen LogP contribution < -0.4 is 0 Å². The summed E-state index contributed by atoms with van der Waals surface area (Å²) >= 11 is 0. The van der Waals surface area contributed by atoms with E-state index in [1.54, 1.807) is 26.3 Å². The first-order chi connectivity index (χ1) is 17.1. The molecule has 2 N–H and O–H groups in total. The van der Waals surface area contributed by atoms with Gasteiger partial charge in [-0.3, -0.25) is 5.10 Å². The molecule has 0 radical (unpaired) electrons. The lowest BCUT2D eigenvalue weighted by Crippen LogP contribution is -2.43. The molecule has 2 aromatic carbocycles. The van der Waals surface area contributed by atoms with Crippen LogP contribution in [-0.2, 0) is 19.7 Å². The Hall–Kier alpha value is -3.30. The van der Waals surface area contributed by atoms with Crippen molar-refractivity contribution in [2.75, 3.05) is 20.3 Å². The zero-order chi connectivity index (χ0) is 25.8. The molecule has 1 saturated heterocycles. The standard InChI is InChI=1S/C27H29F2N3O4/c1-26(2,14-35-4)24-23(15-7-8-27(3,25(33)34)36-13-15)18-11-21-16(12-30-31-21)9-22(18)32(24)17-5-6-19(28)20(29)10-17/h5-6,9-12,15H,7-8,13-14H2,1-4H3,(H,30,31)(H,33,34)/t15-,27+/m0/s1. The minimum atomic E-state index is -1.24. The maximum Gasteiger partial charge on any atom is 0.335 e. The van der Waals surface area contributed by atoms with Gasteiger partial charge >= 0.3 is 5.97 Å². The van der Waals surface area contributed by atoms with Crippen LogP contribution in [0.3, 0.4) is 0 Å². The molecule has 0 amide bonds. The molecule has 1 aliphatic heterocycles. The zero-order valence-electron chi connectivity index (χ0n) is 20.7. The van der Waals surface area contributed by atoms with Crippen molar-refractivity contribution in [2.45, 2.75) is 50.5 Å². The average molecular weight is 498 g/mol. The van der Waals surface area contributed by atoms with Crippen LogP contribution in [-0.4, -0.2) is 51.8 Å². The van der Waals surface area contributed by atoms with Gasteiger partial charge in [-0.2, -0.15) is 5.10 Å². The number of methoxy groups -OCH3 is 1. The van der Waals surface area contributed by atoms with Crippen LogP contribution in [0.25, 0.3) is 27.5 Å². The molecule has 3 heterocycles. The van der Waals surface area contributed by atoms with Gasteiger partial charge in [0.1, 0.15) is 0 Å². The molecule has 9 heteroatoms. The van der Waals surface area contributed by atoms with E-state index in [1.165, 1.54) is 6.07 Å². The quantitative estimate of drug-likeness (QED) is 0.370. The number of fused-ring (bicyclic) bond motifs is 2. The van der Waals surface area contributed by atoms with Crippen molar-refractivity contribution >= 4 is 27.8 Å². The number of H-pyrrole nitrogens is 1. The molecule has 1 fully saturated rings. The molecule has 0 saturated carbocycles. The van der Waals surface area contributed by atoms with Crippen molar-refractivity contribution in [3.05, 3.63) is 59.4 Å². The highest BCUT2D eigenvalue weighted by atomic mass is 19.2. The Balaban J connectivity index is 1.82. The van der Waals surface area contributed by atoms with Gasteiger partial charge in [0, 0.05) is 46.7 Å². The Morgan fingerprint density at radius 2 is 2.08 bits per heavy atom. The van der Waals surface area contributed by atoms with Crippen LogP contribution in [0.5, 0.6) is 0 Å². The van der Waals surface area contributed by atoms with Gasteiger partial charge in [-0.1, -0.05) is 13.8 Å². The lowest BCUT2D eigenvalue weighted by atomic mass is 9.79. The third kappa shape index (κ3) is 3.87. The second kappa shape index (κ2) is 8.67. The van der Waals surface area contributed by atoms with Crippen molar-refractivity contribution in [1.29, 1.82) is 0 Å². The van der Waals surface area contributed by atoms with Crippen LogP contribution in [0, 0.1) is 11.6 Å². The third-order valence-corrected chi connectivity index (χ3v) is 7.31. The number of aromatic nitrogens is 3. The first kappa shape index (κ1) is 24.4. The molecule has 7 nitrogen and oxygen atoms in total. The number of halogens is 2. The molecule has 2 atom stereocenters. The van der Waals surface area contributed by atoms with Crippen molar-refractivity contribution in [2.24, 2.45) is 0 Å². The summed E-state index contributed by atoms with van der Waals surface area (Å²) < 4.78 is 41.8. The molecule has 0 spiro atoms. The number of rotatable bonds is 6. The van der Waals surface area contributed by atoms with Crippen LogP contribution in [0.4, 0.5) is 8.78 Å². The van der Waals surface area contributed by atoms with Gasteiger partial charge in [0.25, 0.3) is 0 Å². The van der Waals surface area contributed by atoms with Crippen molar-refractivity contribution in [1.82, 2.24) is 14.8 Å². The summed E-state index contributed by atoms with van der Waals surface area (Å²) in [5, 5.41) is 18.6. The number of carboxylic acids is 1. The lowest BCUT2D eigenvalue weighted by Gasteiger charge is -2.36. The highest BCUT2D eigenvalue weighted by Gasteiger charge is 2.42. The van der Waals surface area contributed by atoms with Gasteiger partial charge in [0.05, 0.1) is 30.4 Å². The van der Waals surface area contributed by atoms with Crippen LogP contribution in [0.15, 0.2) is 36.5 Å². The van der Waals surface area contributed by atoms with Crippen LogP contribution in [0.1, 0.15) is 50.8 Å². The van der Waals surface area contributed by atoms with E-state index in [1.807, 2.05) is 30.5 Å². The number of hydrogen-bond donors (Lipinski definition) is 2. The number of carbonyl (C=O) groups is 1. The Kier molecular flexibility index (Phi) is 5.88. The smallest absolute Gasteiger partial charge is 0.335 e. The molecule has 190 valence electrons. The maximum atomic E-state index is 14.5. The van der Waals surface area contributed by atoms with E-state index in [-0.39, 0.29) is 12.5 Å². The van der Waals surface area contributed by atoms with Crippen molar-refractivity contribution in [3.8, 4) is 5.69 Å². The van der Waals surface area contributed by atoms with E-state index in [0.29, 0.717) is 25.1 Å². The molecule has 0 aliphatic carbocycles. The van der Waals surface area contributed by atoms with Crippen LogP contribution in [0.2, 0.25) is 0 Å². The monoisotopic (exact) mass is 497 g/mol. The number of aliphatic carboxylic acids is 1. The first-order valence-electron chi connectivity index (χ1n) is 11.9. The molecule has 5 rings (SSSR count). The summed E-state index contributed by atoms with van der Waals surface area (Å²) in [6, 6.07) is 7.88. The summed E-state index contributed by atoms with van der Waals surface area (Å²) in [5.74, 6) is -2.95. The Morgan fingerprint density at radius 1 is 1.31 bits per heavy atom. The first-order valence-corrected chi connectivity index (χ1v) is 11.9. The molecular formula is C27H29F2N3O4. The second-order valence-corrected chi connectivity index (χ2v) is 10.4. The highest BCUT2D eigenvalue weighted by molar-refractivity contribution is 5.99. The van der Waals surface area contributed by atoms with Gasteiger partial charge in [-0.05, 0) is 49.6 Å². The Labute approximate surface area is 207 Å². The van der Waals surface area contributed by atoms with E-state index in [9.17, 15) is 18.7 Å². The topological polar surface area (TPSA) is 89.4 Å². The highest BCUT2D eigenvalue weighted by Crippen LogP contribution is 2.46. The van der Waals surface area contributed by atoms with E-state index in [0.717, 1.165) is 39.1 Å². The van der Waals surface area contributed by atoms with E-state index in [2.05, 4.69) is 10.2 Å². The van der Waals surface area contributed by atoms with E-state index in [4.69, 9.17) is 9.47 Å². The summed E-state index contributed by atoms with van der Waals surface area (Å²) in [4.78, 5) is 11.8. The molecule has 2 aromatic heterocycles. The van der Waals surface area contributed by atoms with E-state index >= 15 is 0 Å². The number of nitrogens with zero attached hydrogens (tertiary/aromatic N) is 2. The fourth-order valence-corrected chi connectivity index (χ4v) is 5.44. The van der Waals surface area contributed by atoms with Crippen molar-refractivity contribution in [3.63, 3.8) is 0 Å². The number of ether oxygens (including phenoxy) is 2. The molecule has 0 unspecified atom stereocenters. The largest absolute Gasteiger partial charge is 0.479 e. The Morgan fingerprint density at radius 3 is 2.72 bits per heavy atom. The molecule has 0 bridgehead atoms. The predicted octanol–water partition coefficient (Wildman–Crippen LogP) is 5.45. The molecule has 1 aliphatic rings. The number of hydrogen-bond acceptors (Lipinski definition) is 4. The maximum absolute atomic E-state index is 14.5. The van der Waals surface area contributed by atoms with Gasteiger partial charge in [0.2, 0.25) is 0 Å². The Bertz CT molecular complexity index is 1460. The van der Waals surface area contributed by atoms with Gasteiger partial charge in [-0.25, -0.2) is 13.6 Å². The number of benzene rings is 2. The van der Waals surface area contributed by atoms with E-state index < -0.39 is 28.6 Å². The fraction of sp³-hybridized carbons (Fsp3) is 0.407. The second-order valence-electron chi connectivity index (χ2n) is 10.4. The number of nitrogens with one attached hydrogen (secondary N) is 1. The minimum Gasteiger partial charge on any atom is -0.479 e. The SMILES string of the molecule is COCC(C)(C)c1c([C@H]2CC[C@](C)(C(=O)O)OC2)c2cc3[nH]ncc3cc2n1-c1ccc(F)c(F)c1. The summed E-state index contributed by atoms with van der Waals surface area (Å²) in [6.07, 6.45) is 2.66. The number of carboxylic acid groups (broad SMARTS) is 1. The summed E-state index contributed by atoms with van der Waals surface area (Å²) in [6.45, 7) is 6.28. The molecule has 36 heavy (non-hydrogen) atoms. The molecular weight excluding hydrogens is 468 g/mol. The normalized spacial score (nSPS) is 20.9. The zero-order valence-corrected chi connectivity index (χ0v) is 20.7.